The van der Waals surface area contributed by atoms with Crippen LogP contribution >= 0.6 is 0 Å². The second-order valence-corrected chi connectivity index (χ2v) is 27.5. The molecule has 3 fully saturated rings. The predicted molar refractivity (Wildman–Crippen MR) is 379 cm³/mol. The fraction of sp³-hybridized carbons (Fsp3) is 0.857. The van der Waals surface area contributed by atoms with Crippen LogP contribution in [0, 0.1) is 0 Å². The molecule has 0 aromatic rings. The second kappa shape index (κ2) is 58.0. The molecule has 0 radical (unpaired) electrons. The number of carbonyl (C=O) groups excluding carboxylic acids is 1. The third-order valence-electron chi connectivity index (χ3n) is 19.0. The Balaban J connectivity index is 1.40. The van der Waals surface area contributed by atoms with Gasteiger partial charge in [-0.2, -0.15) is 0 Å². The average molecular weight is 1370 g/mol. The van der Waals surface area contributed by atoms with Crippen LogP contribution in [0.15, 0.2) is 60.8 Å². The van der Waals surface area contributed by atoms with Crippen molar-refractivity contribution in [3.05, 3.63) is 60.8 Å². The molecule has 3 aliphatic heterocycles. The number of rotatable bonds is 60. The number of carbonyl (C=O) groups is 1. The minimum absolute atomic E-state index is 0.234. The van der Waals surface area contributed by atoms with Crippen LogP contribution in [0.5, 0.6) is 0 Å². The van der Waals surface area contributed by atoms with E-state index in [0.717, 1.165) is 51.4 Å². The molecule has 19 heteroatoms. The highest BCUT2D eigenvalue weighted by Gasteiger charge is 2.53. The van der Waals surface area contributed by atoms with Gasteiger partial charge in [-0.05, 0) is 70.6 Å². The summed E-state index contributed by atoms with van der Waals surface area (Å²) < 4.78 is 34.4. The Morgan fingerprint density at radius 1 is 0.375 bits per heavy atom. The molecule has 0 spiro atoms. The summed E-state index contributed by atoms with van der Waals surface area (Å²) in [7, 11) is 0. The molecule has 0 aliphatic carbocycles. The lowest BCUT2D eigenvalue weighted by Crippen LogP contribution is -2.66. The first-order chi connectivity index (χ1) is 46.8. The van der Waals surface area contributed by atoms with Gasteiger partial charge in [0.15, 0.2) is 18.9 Å². The van der Waals surface area contributed by atoms with E-state index >= 15 is 0 Å². The van der Waals surface area contributed by atoms with Gasteiger partial charge in [-0.3, -0.25) is 4.79 Å². The largest absolute Gasteiger partial charge is 0.394 e. The number of nitrogens with one attached hydrogen (secondary N) is 1. The first-order valence-corrected chi connectivity index (χ1v) is 38.5. The van der Waals surface area contributed by atoms with Crippen molar-refractivity contribution in [1.29, 1.82) is 0 Å². The third-order valence-corrected chi connectivity index (χ3v) is 19.0. The van der Waals surface area contributed by atoms with Gasteiger partial charge in [0.05, 0.1) is 38.6 Å². The summed E-state index contributed by atoms with van der Waals surface area (Å²) in [5, 5.41) is 121. The molecule has 0 bridgehead atoms. The van der Waals surface area contributed by atoms with Crippen molar-refractivity contribution >= 4 is 5.91 Å². The normalized spacial score (nSPS) is 27.4. The van der Waals surface area contributed by atoms with E-state index in [1.54, 1.807) is 6.08 Å². The van der Waals surface area contributed by atoms with Crippen LogP contribution in [0.3, 0.4) is 0 Å². The Labute approximate surface area is 579 Å². The fourth-order valence-corrected chi connectivity index (χ4v) is 12.8. The minimum atomic E-state index is -1.98. The van der Waals surface area contributed by atoms with Crippen molar-refractivity contribution in [2.24, 2.45) is 0 Å². The second-order valence-electron chi connectivity index (χ2n) is 27.5. The van der Waals surface area contributed by atoms with Gasteiger partial charge < -0.3 is 89.9 Å². The lowest BCUT2D eigenvalue weighted by atomic mass is 9.96. The van der Waals surface area contributed by atoms with Gasteiger partial charge in [0.25, 0.3) is 0 Å². The Morgan fingerprint density at radius 2 is 0.698 bits per heavy atom. The van der Waals surface area contributed by atoms with Crippen molar-refractivity contribution < 1.29 is 89.4 Å². The molecule has 17 unspecified atom stereocenters. The maximum atomic E-state index is 13.5. The highest BCUT2D eigenvalue weighted by molar-refractivity contribution is 5.76. The summed E-state index contributed by atoms with van der Waals surface area (Å²) in [6.07, 6.45) is 46.3. The zero-order chi connectivity index (χ0) is 69.6. The zero-order valence-electron chi connectivity index (χ0n) is 59.6. The molecule has 12 N–H and O–H groups in total. The Hall–Kier alpha value is -2.51. The van der Waals surface area contributed by atoms with Gasteiger partial charge in [-0.25, -0.2) is 0 Å². The van der Waals surface area contributed by atoms with E-state index in [9.17, 15) is 61.0 Å². The summed E-state index contributed by atoms with van der Waals surface area (Å²) in [6.45, 7) is 1.73. The van der Waals surface area contributed by atoms with Crippen LogP contribution in [0.1, 0.15) is 290 Å². The first kappa shape index (κ1) is 87.7. The minimum Gasteiger partial charge on any atom is -0.394 e. The zero-order valence-corrected chi connectivity index (χ0v) is 59.6. The molecule has 3 aliphatic rings. The first-order valence-electron chi connectivity index (χ1n) is 38.5. The van der Waals surface area contributed by atoms with E-state index in [1.165, 1.54) is 205 Å². The smallest absolute Gasteiger partial charge is 0.220 e. The summed E-state index contributed by atoms with van der Waals surface area (Å²) in [4.78, 5) is 13.5. The van der Waals surface area contributed by atoms with Crippen molar-refractivity contribution in [3.63, 3.8) is 0 Å². The lowest BCUT2D eigenvalue weighted by Gasteiger charge is -2.48. The van der Waals surface area contributed by atoms with E-state index in [2.05, 4.69) is 67.8 Å². The lowest BCUT2D eigenvalue weighted by molar-refractivity contribution is -0.379. The highest BCUT2D eigenvalue weighted by Crippen LogP contribution is 2.33. The highest BCUT2D eigenvalue weighted by atomic mass is 16.8. The number of ether oxygens (including phenoxy) is 6. The van der Waals surface area contributed by atoms with E-state index in [0.29, 0.717) is 12.8 Å². The van der Waals surface area contributed by atoms with E-state index in [4.69, 9.17) is 28.4 Å². The molecule has 0 aromatic carbocycles. The number of hydrogen-bond donors (Lipinski definition) is 12. The van der Waals surface area contributed by atoms with Gasteiger partial charge in [0.1, 0.15) is 73.2 Å². The van der Waals surface area contributed by atoms with Crippen LogP contribution in [0.25, 0.3) is 0 Å². The summed E-state index contributed by atoms with van der Waals surface area (Å²) in [6, 6.07) is -0.993. The molecule has 3 heterocycles. The molecule has 0 aromatic heterocycles. The van der Waals surface area contributed by atoms with E-state index < -0.39 is 124 Å². The van der Waals surface area contributed by atoms with Gasteiger partial charge in [-0.1, -0.05) is 274 Å². The number of aliphatic hydroxyl groups excluding tert-OH is 11. The molecule has 560 valence electrons. The number of hydrogen-bond acceptors (Lipinski definition) is 18. The van der Waals surface area contributed by atoms with Crippen LogP contribution in [-0.2, 0) is 33.2 Å². The average Bonchev–Trinajstić information content (AvgIpc) is 0.787. The quantitative estimate of drug-likeness (QED) is 0.0199. The van der Waals surface area contributed by atoms with Crippen LogP contribution in [0.4, 0.5) is 0 Å². The van der Waals surface area contributed by atoms with E-state index in [1.807, 2.05) is 6.08 Å². The summed E-state index contributed by atoms with van der Waals surface area (Å²) in [5.74, 6) is -0.284. The molecular formula is C77H139NO18. The SMILES string of the molecule is CCCCCCC/C=C\C/C=C\C/C=C\CCCCCCCCCCCCCCCCC(=O)NC(COC1OC(CO)C(OC2OC(CO)C(OC3OC(CO)C(O)C(O)C3O)C(O)C2O)C(O)C1O)C(O)/C=C/CC/C=C/CCCCCCCCCCCCCCCCCC. The number of unbranched alkanes of at least 4 members (excludes halogenated alkanes) is 36. The monoisotopic (exact) mass is 1370 g/mol. The standard InChI is InChI=1S/C77H139NO18/c1-3-5-7-9-11-13-15-17-19-21-23-25-27-28-29-30-31-32-33-35-37-39-41-43-45-47-49-51-53-55-65(83)78-60(61(82)54-52-50-48-46-44-42-40-38-36-34-26-24-22-20-18-16-14-12-10-8-6-4-2)59-91-75-71(89)68(86)73(63(57-80)93-75)96-77-72(90)69(87)74(64(58-81)94-77)95-76-70(88)67(85)66(84)62(56-79)92-76/h15,17,21,23,27-28,44,46,52,54,60-64,66-77,79-82,84-90H,3-14,16,18-20,22,24-26,29-43,45,47-51,53,55-59H2,1-2H3,(H,78,83)/b17-15-,23-21-,28-27-,46-44+,54-52+. The molecule has 96 heavy (non-hydrogen) atoms. The van der Waals surface area contributed by atoms with Crippen molar-refractivity contribution in [2.45, 2.75) is 394 Å². The van der Waals surface area contributed by atoms with Gasteiger partial charge in [0.2, 0.25) is 5.91 Å². The number of amides is 1. The Kier molecular flexibility index (Phi) is 53.0. The topological polar surface area (TPSA) is 307 Å². The van der Waals surface area contributed by atoms with Crippen LogP contribution in [-0.4, -0.2) is 193 Å². The Morgan fingerprint density at radius 3 is 1.11 bits per heavy atom. The van der Waals surface area contributed by atoms with Crippen molar-refractivity contribution in [2.75, 3.05) is 26.4 Å². The molecule has 19 nitrogen and oxygen atoms in total. The third kappa shape index (κ3) is 38.5. The van der Waals surface area contributed by atoms with Crippen molar-refractivity contribution in [1.82, 2.24) is 5.32 Å². The van der Waals surface area contributed by atoms with Crippen LogP contribution < -0.4 is 5.32 Å². The predicted octanol–water partition coefficient (Wildman–Crippen LogP) is 11.9. The van der Waals surface area contributed by atoms with Crippen molar-refractivity contribution in [3.8, 4) is 0 Å². The summed E-state index contributed by atoms with van der Waals surface area (Å²) in [5.41, 5.74) is 0. The fourth-order valence-electron chi connectivity index (χ4n) is 12.8. The number of allylic oxidation sites excluding steroid dienone is 9. The molecule has 1 amide bonds. The molecule has 0 saturated carbocycles. The van der Waals surface area contributed by atoms with Gasteiger partial charge >= 0.3 is 0 Å². The van der Waals surface area contributed by atoms with Gasteiger partial charge in [0, 0.05) is 6.42 Å². The maximum absolute atomic E-state index is 13.5. The molecular weight excluding hydrogens is 1230 g/mol. The molecule has 3 rings (SSSR count). The maximum Gasteiger partial charge on any atom is 0.220 e. The van der Waals surface area contributed by atoms with Gasteiger partial charge in [-0.15, -0.1) is 0 Å². The molecule has 3 saturated heterocycles. The Bertz CT molecular complexity index is 1970. The number of aliphatic hydroxyl groups is 11. The van der Waals surface area contributed by atoms with Crippen LogP contribution in [0.2, 0.25) is 0 Å². The molecule has 17 atom stereocenters. The summed E-state index contributed by atoms with van der Waals surface area (Å²) >= 11 is 0. The van der Waals surface area contributed by atoms with E-state index in [-0.39, 0.29) is 18.9 Å².